The van der Waals surface area contributed by atoms with E-state index in [9.17, 15) is 5.11 Å². The van der Waals surface area contributed by atoms with Gasteiger partial charge in [0.05, 0.1) is 0 Å². The van der Waals surface area contributed by atoms with Gasteiger partial charge in [-0.3, -0.25) is 0 Å². The fraction of sp³-hybridized carbons (Fsp3) is 0.625. The van der Waals surface area contributed by atoms with E-state index < -0.39 is 14.8 Å². The van der Waals surface area contributed by atoms with Gasteiger partial charge in [0.1, 0.15) is 11.5 Å². The number of aryl methyl sites for hydroxylation is 2. The molecule has 234 valence electrons. The average Bonchev–Trinajstić information content (AvgIpc) is 3.01. The summed E-state index contributed by atoms with van der Waals surface area (Å²) >= 11 is 0. The Kier molecular flexibility index (Phi) is 18.8. The summed E-state index contributed by atoms with van der Waals surface area (Å²) < 4.78 is 32.8. The minimum absolute atomic E-state index is 0.160. The van der Waals surface area contributed by atoms with E-state index in [1.807, 2.05) is 24.3 Å². The molecule has 0 saturated heterocycles. The predicted molar refractivity (Wildman–Crippen MR) is 165 cm³/mol. The van der Waals surface area contributed by atoms with Gasteiger partial charge in [0.2, 0.25) is 0 Å². The van der Waals surface area contributed by atoms with Gasteiger partial charge in [0.25, 0.3) is 5.97 Å². The smallest absolute Gasteiger partial charge is 0.500 e. The molecule has 1 atom stereocenters. The number of benzene rings is 2. The van der Waals surface area contributed by atoms with Crippen molar-refractivity contribution >= 4 is 8.80 Å². The lowest BCUT2D eigenvalue weighted by atomic mass is 9.91. The number of hydrogen-bond donors (Lipinski definition) is 2. The van der Waals surface area contributed by atoms with Gasteiger partial charge in [-0.15, -0.1) is 0 Å². The molecule has 0 radical (unpaired) electrons. The van der Waals surface area contributed by atoms with Crippen molar-refractivity contribution < 1.29 is 37.7 Å². The van der Waals surface area contributed by atoms with Crippen molar-refractivity contribution in [3.8, 4) is 11.5 Å². The molecular formula is C32H54O8Si. The fourth-order valence-corrected chi connectivity index (χ4v) is 6.65. The highest BCUT2D eigenvalue weighted by atomic mass is 28.4. The zero-order valence-corrected chi connectivity index (χ0v) is 27.3. The van der Waals surface area contributed by atoms with Gasteiger partial charge < -0.3 is 37.7 Å². The van der Waals surface area contributed by atoms with Gasteiger partial charge >= 0.3 is 8.80 Å². The van der Waals surface area contributed by atoms with E-state index >= 15 is 0 Å². The Morgan fingerprint density at radius 1 is 0.610 bits per heavy atom. The number of methoxy groups -OCH3 is 3. The summed E-state index contributed by atoms with van der Waals surface area (Å²) in [7, 11) is 7.27. The standard InChI is InChI=1S/C21H36O4.C11H18O4Si/c1-5-6-7-8-9-10-11-19(21(23-2,24-3)25-4)15-12-18-13-16-20(22)17-14-18;1-13-16(14-2,15-3)9-8-10-4-6-11(12)7-5-10/h13-14,16-17,19,22H,5-12,15H2,1-4H3;4-7,12H,8-9H2,1-3H3. The normalized spacial score (nSPS) is 12.6. The lowest BCUT2D eigenvalue weighted by Crippen LogP contribution is -2.44. The third-order valence-electron chi connectivity index (χ3n) is 7.57. The summed E-state index contributed by atoms with van der Waals surface area (Å²) in [6.07, 6.45) is 11.2. The Hall–Kier alpha value is -1.98. The van der Waals surface area contributed by atoms with Gasteiger partial charge in [0.15, 0.2) is 0 Å². The van der Waals surface area contributed by atoms with Crippen molar-refractivity contribution in [2.45, 2.75) is 83.1 Å². The molecule has 2 rings (SSSR count). The van der Waals surface area contributed by atoms with Crippen LogP contribution in [0.4, 0.5) is 0 Å². The van der Waals surface area contributed by atoms with Crippen molar-refractivity contribution in [2.24, 2.45) is 5.92 Å². The average molecular weight is 595 g/mol. The summed E-state index contributed by atoms with van der Waals surface area (Å²) in [6.45, 7) is 2.24. The van der Waals surface area contributed by atoms with Gasteiger partial charge in [0, 0.05) is 54.6 Å². The first-order valence-electron chi connectivity index (χ1n) is 14.6. The molecule has 0 bridgehead atoms. The Bertz CT molecular complexity index is 882. The largest absolute Gasteiger partial charge is 0.508 e. The Morgan fingerprint density at radius 2 is 1.05 bits per heavy atom. The van der Waals surface area contributed by atoms with Crippen LogP contribution in [0.2, 0.25) is 6.04 Å². The summed E-state index contributed by atoms with van der Waals surface area (Å²) in [4.78, 5) is 0. The van der Waals surface area contributed by atoms with Crippen molar-refractivity contribution in [1.29, 1.82) is 0 Å². The number of rotatable bonds is 20. The quantitative estimate of drug-likeness (QED) is 0.0952. The Labute approximate surface area is 249 Å². The lowest BCUT2D eigenvalue weighted by Gasteiger charge is -2.36. The van der Waals surface area contributed by atoms with Gasteiger partial charge in [-0.1, -0.05) is 69.7 Å². The minimum Gasteiger partial charge on any atom is -0.508 e. The number of phenolic OH excluding ortho intramolecular Hbond substituents is 2. The number of phenols is 2. The SMILES string of the molecule is CCCCCCCCC(CCc1ccc(O)cc1)C(OC)(OC)OC.CO[Si](CCc1ccc(O)cc1)(OC)OC. The monoisotopic (exact) mass is 594 g/mol. The molecule has 8 nitrogen and oxygen atoms in total. The molecule has 0 aliphatic carbocycles. The molecular weight excluding hydrogens is 540 g/mol. The van der Waals surface area contributed by atoms with E-state index in [1.165, 1.54) is 37.7 Å². The minimum atomic E-state index is -2.48. The first-order valence-corrected chi connectivity index (χ1v) is 16.6. The van der Waals surface area contributed by atoms with Crippen LogP contribution in [0.15, 0.2) is 48.5 Å². The highest BCUT2D eigenvalue weighted by Crippen LogP contribution is 2.32. The highest BCUT2D eigenvalue weighted by Gasteiger charge is 2.39. The van der Waals surface area contributed by atoms with Crippen molar-refractivity contribution in [3.63, 3.8) is 0 Å². The van der Waals surface area contributed by atoms with E-state index in [2.05, 4.69) is 6.92 Å². The van der Waals surface area contributed by atoms with Crippen LogP contribution in [0.25, 0.3) is 0 Å². The third-order valence-corrected chi connectivity index (χ3v) is 10.3. The Balaban J connectivity index is 0.000000452. The van der Waals surface area contributed by atoms with Crippen molar-refractivity contribution in [1.82, 2.24) is 0 Å². The summed E-state index contributed by atoms with van der Waals surface area (Å²) in [6, 6.07) is 15.2. The van der Waals surface area contributed by atoms with Crippen LogP contribution in [0.3, 0.4) is 0 Å². The van der Waals surface area contributed by atoms with E-state index in [4.69, 9.17) is 32.6 Å². The Morgan fingerprint density at radius 3 is 1.49 bits per heavy atom. The molecule has 2 aromatic rings. The predicted octanol–water partition coefficient (Wildman–Crippen LogP) is 7.10. The van der Waals surface area contributed by atoms with Crippen LogP contribution in [0, 0.1) is 5.92 Å². The van der Waals surface area contributed by atoms with Crippen LogP contribution in [0.5, 0.6) is 11.5 Å². The maximum Gasteiger partial charge on any atom is 0.500 e. The summed E-state index contributed by atoms with van der Waals surface area (Å²) in [5.74, 6) is -0.252. The molecule has 1 unspecified atom stereocenters. The van der Waals surface area contributed by atoms with Crippen molar-refractivity contribution in [3.05, 3.63) is 59.7 Å². The molecule has 2 N–H and O–H groups in total. The number of aromatic hydroxyl groups is 2. The molecule has 0 amide bonds. The molecule has 0 aromatic heterocycles. The van der Waals surface area contributed by atoms with Gasteiger partial charge in [-0.25, -0.2) is 0 Å². The van der Waals surface area contributed by atoms with Crippen LogP contribution < -0.4 is 0 Å². The van der Waals surface area contributed by atoms with Crippen LogP contribution in [0.1, 0.15) is 69.4 Å². The van der Waals surface area contributed by atoms with Gasteiger partial charge in [-0.05, 0) is 61.1 Å². The van der Waals surface area contributed by atoms with Crippen LogP contribution in [-0.2, 0) is 40.3 Å². The number of hydrogen-bond acceptors (Lipinski definition) is 8. The molecule has 0 fully saturated rings. The second-order valence-electron chi connectivity index (χ2n) is 10.1. The number of ether oxygens (including phenoxy) is 3. The molecule has 2 aromatic carbocycles. The van der Waals surface area contributed by atoms with Gasteiger partial charge in [-0.2, -0.15) is 0 Å². The highest BCUT2D eigenvalue weighted by molar-refractivity contribution is 6.60. The molecule has 0 aliphatic rings. The third kappa shape index (κ3) is 13.2. The van der Waals surface area contributed by atoms with E-state index in [0.717, 1.165) is 43.7 Å². The zero-order valence-electron chi connectivity index (χ0n) is 26.3. The summed E-state index contributed by atoms with van der Waals surface area (Å²) in [5, 5.41) is 18.6. The first-order chi connectivity index (χ1) is 19.8. The van der Waals surface area contributed by atoms with E-state index in [0.29, 0.717) is 5.75 Å². The zero-order chi connectivity index (χ0) is 30.6. The maximum atomic E-state index is 9.42. The van der Waals surface area contributed by atoms with E-state index in [1.54, 1.807) is 66.9 Å². The van der Waals surface area contributed by atoms with E-state index in [-0.39, 0.29) is 11.7 Å². The molecule has 0 spiro atoms. The maximum absolute atomic E-state index is 9.42. The second kappa shape index (κ2) is 20.8. The topological polar surface area (TPSA) is 95.8 Å². The first kappa shape index (κ1) is 37.0. The molecule has 41 heavy (non-hydrogen) atoms. The lowest BCUT2D eigenvalue weighted by molar-refractivity contribution is -0.380. The summed E-state index contributed by atoms with van der Waals surface area (Å²) in [5.41, 5.74) is 2.32. The molecule has 0 heterocycles. The molecule has 0 aliphatic heterocycles. The molecule has 0 saturated carbocycles. The number of unbranched alkanes of at least 4 members (excludes halogenated alkanes) is 5. The molecule has 9 heteroatoms. The fourth-order valence-electron chi connectivity index (χ4n) is 4.94. The van der Waals surface area contributed by atoms with Crippen molar-refractivity contribution in [2.75, 3.05) is 42.7 Å². The second-order valence-corrected chi connectivity index (χ2v) is 13.2. The van der Waals surface area contributed by atoms with Crippen LogP contribution in [-0.4, -0.2) is 67.6 Å². The van der Waals surface area contributed by atoms with Crippen LogP contribution >= 0.6 is 0 Å².